The van der Waals surface area contributed by atoms with Crippen LogP contribution in [0.15, 0.2) is 30.3 Å². The molecular weight excluding hydrogens is 336 g/mol. The maximum Gasteiger partial charge on any atom is 0.637 e. The number of anilines is 1. The van der Waals surface area contributed by atoms with Gasteiger partial charge in [0.05, 0.1) is 0 Å². The largest absolute Gasteiger partial charge is 0.637 e. The van der Waals surface area contributed by atoms with Gasteiger partial charge >= 0.3 is 15.0 Å². The Morgan fingerprint density at radius 3 is 1.84 bits per heavy atom. The molecule has 0 aliphatic rings. The molecule has 6 nitrogen and oxygen atoms in total. The highest BCUT2D eigenvalue weighted by atomic mass is 28.4. The third kappa shape index (κ3) is 5.54. The van der Waals surface area contributed by atoms with Gasteiger partial charge in [0.15, 0.2) is 0 Å². The van der Waals surface area contributed by atoms with Gasteiger partial charge in [-0.15, -0.1) is 0 Å². The van der Waals surface area contributed by atoms with E-state index in [4.69, 9.17) is 13.3 Å². The zero-order valence-electron chi connectivity index (χ0n) is 16.2. The minimum Gasteiger partial charge on any atom is -0.357 e. The van der Waals surface area contributed by atoms with E-state index >= 15 is 0 Å². The summed E-state index contributed by atoms with van der Waals surface area (Å²) < 4.78 is 19.5. The number of carbonyl (C=O) groups is 1. The van der Waals surface area contributed by atoms with Crippen LogP contribution in [0.4, 0.5) is 10.5 Å². The number of carbonyl (C=O) groups excluding carboxylic acids is 1. The van der Waals surface area contributed by atoms with Gasteiger partial charge < -0.3 is 13.3 Å². The lowest BCUT2D eigenvalue weighted by Crippen LogP contribution is -2.65. The molecule has 0 aromatic heterocycles. The van der Waals surface area contributed by atoms with E-state index in [9.17, 15) is 4.79 Å². The standard InChI is InChI=1S/C18H32N2O4Si/c1-6-16-20(25(22-8-3,23-9-4)24-10-5)18(21)19(7-2)17-14-12-11-13-15-17/h11-15H,6-10,16H2,1-5H3. The van der Waals surface area contributed by atoms with Crippen LogP contribution in [0.5, 0.6) is 0 Å². The third-order valence-electron chi connectivity index (χ3n) is 3.60. The Morgan fingerprint density at radius 1 is 0.920 bits per heavy atom. The van der Waals surface area contributed by atoms with E-state index in [0.717, 1.165) is 12.1 Å². The smallest absolute Gasteiger partial charge is 0.357 e. The Bertz CT molecular complexity index is 484. The molecule has 0 spiro atoms. The molecule has 2 amide bonds. The molecule has 1 rings (SSSR count). The summed E-state index contributed by atoms with van der Waals surface area (Å²) >= 11 is 0. The fourth-order valence-corrected chi connectivity index (χ4v) is 5.33. The summed E-state index contributed by atoms with van der Waals surface area (Å²) in [7, 11) is -3.28. The summed E-state index contributed by atoms with van der Waals surface area (Å²) in [4.78, 5) is 15.1. The number of rotatable bonds is 11. The van der Waals surface area contributed by atoms with Crippen LogP contribution in [-0.4, -0.2) is 52.5 Å². The van der Waals surface area contributed by atoms with Crippen LogP contribution in [-0.2, 0) is 13.3 Å². The first kappa shape index (κ1) is 21.6. The van der Waals surface area contributed by atoms with Crippen molar-refractivity contribution in [1.29, 1.82) is 0 Å². The van der Waals surface area contributed by atoms with E-state index < -0.39 is 8.97 Å². The first-order valence-electron chi connectivity index (χ1n) is 9.16. The lowest BCUT2D eigenvalue weighted by atomic mass is 10.3. The Hall–Kier alpha value is -1.41. The molecule has 0 aliphatic carbocycles. The molecule has 25 heavy (non-hydrogen) atoms. The number of hydrogen-bond acceptors (Lipinski definition) is 4. The van der Waals surface area contributed by atoms with Gasteiger partial charge in [-0.05, 0) is 46.2 Å². The maximum atomic E-state index is 13.4. The van der Waals surface area contributed by atoms with Gasteiger partial charge in [-0.2, -0.15) is 0 Å². The molecule has 1 aromatic rings. The molecule has 1 aromatic carbocycles. The average molecular weight is 369 g/mol. The van der Waals surface area contributed by atoms with E-state index in [-0.39, 0.29) is 6.03 Å². The maximum absolute atomic E-state index is 13.4. The molecule has 0 aliphatic heterocycles. The zero-order chi connectivity index (χ0) is 18.7. The highest BCUT2D eigenvalue weighted by Gasteiger charge is 2.52. The molecule has 0 heterocycles. The van der Waals surface area contributed by atoms with Gasteiger partial charge in [0.1, 0.15) is 0 Å². The predicted molar refractivity (Wildman–Crippen MR) is 102 cm³/mol. The second-order valence-corrected chi connectivity index (χ2v) is 7.79. The van der Waals surface area contributed by atoms with Gasteiger partial charge in [0.25, 0.3) is 0 Å². The van der Waals surface area contributed by atoms with Crippen molar-refractivity contribution >= 4 is 20.7 Å². The molecule has 7 heteroatoms. The highest BCUT2D eigenvalue weighted by Crippen LogP contribution is 2.22. The fraction of sp³-hybridized carbons (Fsp3) is 0.611. The summed E-state index contributed by atoms with van der Waals surface area (Å²) in [5.41, 5.74) is 0.850. The lowest BCUT2D eigenvalue weighted by molar-refractivity contribution is 0.0279. The molecule has 0 fully saturated rings. The Labute approximate surface area is 153 Å². The SMILES string of the molecule is CCCN(C(=O)N(CC)c1ccccc1)[Si](OCC)(OCC)OCC. The van der Waals surface area contributed by atoms with Crippen molar-refractivity contribution in [3.05, 3.63) is 30.3 Å². The quantitative estimate of drug-likeness (QED) is 0.556. The average Bonchev–Trinajstić information content (AvgIpc) is 2.61. The predicted octanol–water partition coefficient (Wildman–Crippen LogP) is 3.89. The topological polar surface area (TPSA) is 51.2 Å². The van der Waals surface area contributed by atoms with Gasteiger partial charge in [-0.1, -0.05) is 25.1 Å². The van der Waals surface area contributed by atoms with Crippen molar-refractivity contribution < 1.29 is 18.1 Å². The Balaban J connectivity index is 3.25. The summed E-state index contributed by atoms with van der Waals surface area (Å²) in [6.45, 7) is 12.0. The summed E-state index contributed by atoms with van der Waals surface area (Å²) in [6.07, 6.45) is 0.792. The van der Waals surface area contributed by atoms with Crippen molar-refractivity contribution in [1.82, 2.24) is 4.57 Å². The first-order valence-corrected chi connectivity index (χ1v) is 10.8. The number of hydrogen-bond donors (Lipinski definition) is 0. The van der Waals surface area contributed by atoms with Crippen LogP contribution in [0, 0.1) is 0 Å². The van der Waals surface area contributed by atoms with Crippen molar-refractivity contribution in [2.75, 3.05) is 37.8 Å². The number of nitrogens with zero attached hydrogens (tertiary/aromatic N) is 2. The van der Waals surface area contributed by atoms with Gasteiger partial charge in [-0.25, -0.2) is 4.79 Å². The van der Waals surface area contributed by atoms with Crippen molar-refractivity contribution in [3.8, 4) is 0 Å². The highest BCUT2D eigenvalue weighted by molar-refractivity contribution is 6.60. The minimum absolute atomic E-state index is 0.141. The number of benzene rings is 1. The van der Waals surface area contributed by atoms with Crippen LogP contribution in [0.3, 0.4) is 0 Å². The summed E-state index contributed by atoms with van der Waals surface area (Å²) in [5, 5.41) is 0. The van der Waals surface area contributed by atoms with E-state index in [1.807, 2.05) is 65.0 Å². The van der Waals surface area contributed by atoms with Crippen molar-refractivity contribution in [2.45, 2.75) is 41.0 Å². The van der Waals surface area contributed by atoms with Crippen LogP contribution in [0.1, 0.15) is 41.0 Å². The van der Waals surface area contributed by atoms with Gasteiger partial charge in [-0.3, -0.25) is 9.47 Å². The van der Waals surface area contributed by atoms with E-state index in [1.54, 1.807) is 9.47 Å². The van der Waals surface area contributed by atoms with Crippen LogP contribution < -0.4 is 4.90 Å². The van der Waals surface area contributed by atoms with Gasteiger partial charge in [0, 0.05) is 38.6 Å². The Kier molecular flexibility index (Phi) is 9.73. The van der Waals surface area contributed by atoms with E-state index in [0.29, 0.717) is 32.9 Å². The molecule has 0 atom stereocenters. The summed E-state index contributed by atoms with van der Waals surface area (Å²) in [6, 6.07) is 9.50. The molecule has 0 N–H and O–H groups in total. The zero-order valence-corrected chi connectivity index (χ0v) is 17.2. The van der Waals surface area contributed by atoms with E-state index in [1.165, 1.54) is 0 Å². The molecule has 0 bridgehead atoms. The molecule has 0 saturated carbocycles. The first-order chi connectivity index (χ1) is 12.1. The minimum atomic E-state index is -3.28. The second-order valence-electron chi connectivity index (χ2n) is 5.34. The number of amides is 2. The summed E-state index contributed by atoms with van der Waals surface area (Å²) in [5.74, 6) is 0. The van der Waals surface area contributed by atoms with Crippen LogP contribution >= 0.6 is 0 Å². The van der Waals surface area contributed by atoms with Crippen LogP contribution in [0.2, 0.25) is 0 Å². The van der Waals surface area contributed by atoms with Crippen molar-refractivity contribution in [2.24, 2.45) is 0 Å². The number of urea groups is 1. The molecule has 0 unspecified atom stereocenters. The molecule has 0 saturated heterocycles. The molecule has 0 radical (unpaired) electrons. The molecular formula is C18H32N2O4Si. The van der Waals surface area contributed by atoms with Gasteiger partial charge in [0.2, 0.25) is 0 Å². The van der Waals surface area contributed by atoms with Crippen LogP contribution in [0.25, 0.3) is 0 Å². The number of para-hydroxylation sites is 1. The normalized spacial score (nSPS) is 11.4. The monoisotopic (exact) mass is 368 g/mol. The fourth-order valence-electron chi connectivity index (χ4n) is 2.66. The Morgan fingerprint density at radius 2 is 1.44 bits per heavy atom. The molecule has 142 valence electrons. The lowest BCUT2D eigenvalue weighted by Gasteiger charge is -2.39. The van der Waals surface area contributed by atoms with Crippen molar-refractivity contribution in [3.63, 3.8) is 0 Å². The van der Waals surface area contributed by atoms with E-state index in [2.05, 4.69) is 0 Å². The second kappa shape index (κ2) is 11.3. The third-order valence-corrected chi connectivity index (χ3v) is 6.64.